The molecule has 0 unspecified atom stereocenters. The largest absolute Gasteiger partial charge is 0.373 e. The van der Waals surface area contributed by atoms with Gasteiger partial charge in [0.25, 0.3) is 0 Å². The normalized spacial score (nSPS) is 10.9. The number of pyridine rings is 1. The summed E-state index contributed by atoms with van der Waals surface area (Å²) in [6.45, 7) is 2.08. The number of halogens is 1. The molecule has 5 heteroatoms. The van der Waals surface area contributed by atoms with E-state index in [0.29, 0.717) is 5.82 Å². The van der Waals surface area contributed by atoms with Gasteiger partial charge >= 0.3 is 0 Å². The number of benzene rings is 2. The van der Waals surface area contributed by atoms with Gasteiger partial charge in [0.05, 0.1) is 5.52 Å². The summed E-state index contributed by atoms with van der Waals surface area (Å²) in [6, 6.07) is 15.9. The maximum absolute atomic E-state index is 6.18. The van der Waals surface area contributed by atoms with Crippen LogP contribution in [0.15, 0.2) is 60.9 Å². The maximum atomic E-state index is 6.18. The van der Waals surface area contributed by atoms with Crippen LogP contribution in [0, 0.1) is 6.92 Å². The van der Waals surface area contributed by atoms with Crippen molar-refractivity contribution in [1.82, 2.24) is 15.0 Å². The summed E-state index contributed by atoms with van der Waals surface area (Å²) in [6.07, 6.45) is 3.52. The SMILES string of the molecule is CNc1nc(-c2cccnc2)nc2c(C)c(-c3cccc(Cl)c3)ccc12. The van der Waals surface area contributed by atoms with Crippen molar-refractivity contribution in [3.8, 4) is 22.5 Å². The molecule has 0 amide bonds. The number of nitrogens with zero attached hydrogens (tertiary/aromatic N) is 3. The molecule has 0 spiro atoms. The van der Waals surface area contributed by atoms with Crippen LogP contribution in [0.3, 0.4) is 0 Å². The van der Waals surface area contributed by atoms with E-state index < -0.39 is 0 Å². The predicted octanol–water partition coefficient (Wildman–Crippen LogP) is 5.36. The highest BCUT2D eigenvalue weighted by molar-refractivity contribution is 6.30. The molecule has 0 aliphatic carbocycles. The van der Waals surface area contributed by atoms with E-state index in [9.17, 15) is 0 Å². The fourth-order valence-electron chi connectivity index (χ4n) is 3.12. The first-order valence-electron chi connectivity index (χ1n) is 8.33. The number of fused-ring (bicyclic) bond motifs is 1. The molecule has 0 aliphatic rings. The lowest BCUT2D eigenvalue weighted by Gasteiger charge is -2.13. The molecule has 0 saturated heterocycles. The minimum absolute atomic E-state index is 0.654. The number of aryl methyl sites for hydroxylation is 1. The van der Waals surface area contributed by atoms with Gasteiger partial charge in [-0.05, 0) is 53.9 Å². The number of hydrogen-bond acceptors (Lipinski definition) is 4. The van der Waals surface area contributed by atoms with E-state index in [4.69, 9.17) is 16.6 Å². The molecule has 0 atom stereocenters. The lowest BCUT2D eigenvalue weighted by Crippen LogP contribution is -2.00. The summed E-state index contributed by atoms with van der Waals surface area (Å²) in [5, 5.41) is 4.89. The van der Waals surface area contributed by atoms with Crippen molar-refractivity contribution in [2.24, 2.45) is 0 Å². The topological polar surface area (TPSA) is 50.7 Å². The fourth-order valence-corrected chi connectivity index (χ4v) is 3.31. The van der Waals surface area contributed by atoms with E-state index in [-0.39, 0.29) is 0 Å². The van der Waals surface area contributed by atoms with E-state index in [1.54, 1.807) is 12.4 Å². The van der Waals surface area contributed by atoms with Gasteiger partial charge < -0.3 is 5.32 Å². The Morgan fingerprint density at radius 3 is 2.54 bits per heavy atom. The van der Waals surface area contributed by atoms with Crippen molar-refractivity contribution in [2.75, 3.05) is 12.4 Å². The van der Waals surface area contributed by atoms with E-state index in [2.05, 4.69) is 40.4 Å². The summed E-state index contributed by atoms with van der Waals surface area (Å²) in [5.74, 6) is 1.45. The van der Waals surface area contributed by atoms with E-state index in [1.165, 1.54) is 0 Å². The molecule has 4 aromatic rings. The van der Waals surface area contributed by atoms with Crippen molar-refractivity contribution < 1.29 is 0 Å². The van der Waals surface area contributed by atoms with Gasteiger partial charge in [-0.1, -0.05) is 29.8 Å². The zero-order chi connectivity index (χ0) is 18.1. The zero-order valence-corrected chi connectivity index (χ0v) is 15.2. The molecule has 4 nitrogen and oxygen atoms in total. The van der Waals surface area contributed by atoms with Crippen molar-refractivity contribution in [3.05, 3.63) is 71.5 Å². The van der Waals surface area contributed by atoms with Gasteiger partial charge in [0, 0.05) is 35.4 Å². The molecule has 0 radical (unpaired) electrons. The monoisotopic (exact) mass is 360 g/mol. The molecule has 0 aliphatic heterocycles. The second-order valence-electron chi connectivity index (χ2n) is 6.03. The smallest absolute Gasteiger partial charge is 0.163 e. The summed E-state index contributed by atoms with van der Waals surface area (Å²) in [5.41, 5.74) is 5.08. The lowest BCUT2D eigenvalue weighted by atomic mass is 9.98. The maximum Gasteiger partial charge on any atom is 0.163 e. The molecule has 128 valence electrons. The minimum Gasteiger partial charge on any atom is -0.373 e. The molecular formula is C21H17ClN4. The van der Waals surface area contributed by atoms with Crippen LogP contribution in [0.4, 0.5) is 5.82 Å². The van der Waals surface area contributed by atoms with E-state index >= 15 is 0 Å². The summed E-state index contributed by atoms with van der Waals surface area (Å²) < 4.78 is 0. The first-order valence-corrected chi connectivity index (χ1v) is 8.70. The van der Waals surface area contributed by atoms with Gasteiger partial charge in [-0.25, -0.2) is 9.97 Å². The summed E-state index contributed by atoms with van der Waals surface area (Å²) in [4.78, 5) is 13.7. The van der Waals surface area contributed by atoms with Crippen LogP contribution >= 0.6 is 11.6 Å². The fraction of sp³-hybridized carbons (Fsp3) is 0.0952. The summed E-state index contributed by atoms with van der Waals surface area (Å²) in [7, 11) is 1.87. The molecule has 26 heavy (non-hydrogen) atoms. The highest BCUT2D eigenvalue weighted by atomic mass is 35.5. The third kappa shape index (κ3) is 2.89. The van der Waals surface area contributed by atoms with Gasteiger partial charge in [0.1, 0.15) is 5.82 Å². The van der Waals surface area contributed by atoms with E-state index in [0.717, 1.165) is 44.0 Å². The Hall–Kier alpha value is -2.98. The molecule has 0 fully saturated rings. The number of aromatic nitrogens is 3. The standard InChI is InChI=1S/C21H17ClN4/c1-13-17(14-5-3-7-16(22)11-14)8-9-18-19(13)25-20(26-21(18)23-2)15-6-4-10-24-12-15/h3-12H,1-2H3,(H,23,25,26). The molecule has 2 aromatic carbocycles. The number of anilines is 1. The van der Waals surface area contributed by atoms with Crippen LogP contribution in [0.1, 0.15) is 5.56 Å². The molecular weight excluding hydrogens is 344 g/mol. The van der Waals surface area contributed by atoms with Crippen LogP contribution in [-0.4, -0.2) is 22.0 Å². The van der Waals surface area contributed by atoms with Gasteiger partial charge in [0.2, 0.25) is 0 Å². The molecule has 1 N–H and O–H groups in total. The Labute approximate surface area is 156 Å². The average molecular weight is 361 g/mol. The van der Waals surface area contributed by atoms with Gasteiger partial charge in [-0.15, -0.1) is 0 Å². The van der Waals surface area contributed by atoms with Crippen molar-refractivity contribution >= 4 is 28.3 Å². The summed E-state index contributed by atoms with van der Waals surface area (Å²) >= 11 is 6.18. The quantitative estimate of drug-likeness (QED) is 0.534. The van der Waals surface area contributed by atoms with Crippen molar-refractivity contribution in [3.63, 3.8) is 0 Å². The zero-order valence-electron chi connectivity index (χ0n) is 14.5. The highest BCUT2D eigenvalue weighted by Crippen LogP contribution is 2.33. The minimum atomic E-state index is 0.654. The van der Waals surface area contributed by atoms with Crippen LogP contribution in [0.25, 0.3) is 33.4 Å². The lowest BCUT2D eigenvalue weighted by molar-refractivity contribution is 1.19. The number of rotatable bonds is 3. The number of hydrogen-bond donors (Lipinski definition) is 1. The molecule has 0 saturated carbocycles. The molecule has 4 rings (SSSR count). The Morgan fingerprint density at radius 1 is 0.962 bits per heavy atom. The molecule has 2 aromatic heterocycles. The van der Waals surface area contributed by atoms with Crippen LogP contribution < -0.4 is 5.32 Å². The third-order valence-corrected chi connectivity index (χ3v) is 4.65. The number of nitrogens with one attached hydrogen (secondary N) is 1. The van der Waals surface area contributed by atoms with Crippen LogP contribution in [-0.2, 0) is 0 Å². The Bertz CT molecular complexity index is 1090. The van der Waals surface area contributed by atoms with Gasteiger partial charge in [-0.3, -0.25) is 4.98 Å². The molecule has 2 heterocycles. The first kappa shape index (κ1) is 16.5. The second kappa shape index (κ2) is 6.73. The second-order valence-corrected chi connectivity index (χ2v) is 6.47. The van der Waals surface area contributed by atoms with Crippen LogP contribution in [0.2, 0.25) is 5.02 Å². The molecule has 0 bridgehead atoms. The van der Waals surface area contributed by atoms with E-state index in [1.807, 2.05) is 37.4 Å². The Balaban J connectivity index is 1.98. The highest BCUT2D eigenvalue weighted by Gasteiger charge is 2.13. The Morgan fingerprint density at radius 2 is 1.81 bits per heavy atom. The predicted molar refractivity (Wildman–Crippen MR) is 107 cm³/mol. The average Bonchev–Trinajstić information content (AvgIpc) is 2.68. The first-order chi connectivity index (χ1) is 12.7. The van der Waals surface area contributed by atoms with Crippen molar-refractivity contribution in [1.29, 1.82) is 0 Å². The van der Waals surface area contributed by atoms with Crippen LogP contribution in [0.5, 0.6) is 0 Å². The van der Waals surface area contributed by atoms with Gasteiger partial charge in [-0.2, -0.15) is 0 Å². The third-order valence-electron chi connectivity index (χ3n) is 4.41. The Kier molecular flexibility index (Phi) is 4.27. The van der Waals surface area contributed by atoms with Crippen molar-refractivity contribution in [2.45, 2.75) is 6.92 Å². The van der Waals surface area contributed by atoms with Gasteiger partial charge in [0.15, 0.2) is 5.82 Å².